The first kappa shape index (κ1) is 30.6. The normalized spacial score (nSPS) is 16.1. The van der Waals surface area contributed by atoms with Crippen molar-refractivity contribution in [2.24, 2.45) is 0 Å². The van der Waals surface area contributed by atoms with Crippen LogP contribution in [0.25, 0.3) is 10.9 Å². The summed E-state index contributed by atoms with van der Waals surface area (Å²) in [5, 5.41) is 0.829. The summed E-state index contributed by atoms with van der Waals surface area (Å²) < 4.78 is 17.1. The molecule has 1 saturated heterocycles. The number of esters is 1. The number of hydrogen-bond acceptors (Lipinski definition) is 5. The zero-order chi connectivity index (χ0) is 29.1. The molecule has 2 heterocycles. The third-order valence-corrected chi connectivity index (χ3v) is 14.2. The van der Waals surface area contributed by atoms with Crippen LogP contribution in [0.3, 0.4) is 0 Å². The Morgan fingerprint density at radius 2 is 1.77 bits per heavy atom. The van der Waals surface area contributed by atoms with Crippen LogP contribution < -0.4 is 4.74 Å². The largest absolute Gasteiger partial charge is 0.489 e. The van der Waals surface area contributed by atoms with Crippen LogP contribution >= 0.6 is 0 Å². The second kappa shape index (κ2) is 12.1. The summed E-state index contributed by atoms with van der Waals surface area (Å²) >= 11 is 0. The summed E-state index contributed by atoms with van der Waals surface area (Å²) in [4.78, 5) is 30.8. The van der Waals surface area contributed by atoms with Gasteiger partial charge in [0.15, 0.2) is 0 Å². The van der Waals surface area contributed by atoms with Crippen LogP contribution in [0.5, 0.6) is 5.75 Å². The minimum absolute atomic E-state index is 0.111. The Hall–Kier alpha value is -2.92. The minimum atomic E-state index is -2.03. The van der Waals surface area contributed by atoms with Gasteiger partial charge >= 0.3 is 12.1 Å². The van der Waals surface area contributed by atoms with E-state index in [-0.39, 0.29) is 12.1 Å². The number of benzene rings is 1. The highest BCUT2D eigenvalue weighted by molar-refractivity contribution is 6.90. The fourth-order valence-electron chi connectivity index (χ4n) is 6.08. The van der Waals surface area contributed by atoms with E-state index in [1.54, 1.807) is 11.0 Å². The number of carbonyl (C=O) groups is 2. The molecule has 1 atom stereocenters. The van der Waals surface area contributed by atoms with Crippen molar-refractivity contribution in [3.8, 4) is 17.2 Å². The van der Waals surface area contributed by atoms with Crippen LogP contribution in [0.2, 0.25) is 16.6 Å². The van der Waals surface area contributed by atoms with Crippen LogP contribution in [0.15, 0.2) is 18.3 Å². The van der Waals surface area contributed by atoms with Gasteiger partial charge in [0, 0.05) is 23.7 Å². The molecule has 0 saturated carbocycles. The van der Waals surface area contributed by atoms with Gasteiger partial charge in [0.05, 0.1) is 24.2 Å². The van der Waals surface area contributed by atoms with Crippen molar-refractivity contribution in [1.29, 1.82) is 0 Å². The summed E-state index contributed by atoms with van der Waals surface area (Å²) in [6.45, 7) is 20.2. The highest BCUT2D eigenvalue weighted by Gasteiger charge is 2.42. The maximum atomic E-state index is 13.0. The van der Waals surface area contributed by atoms with E-state index in [4.69, 9.17) is 14.2 Å². The predicted molar refractivity (Wildman–Crippen MR) is 159 cm³/mol. The molecule has 0 aliphatic carbocycles. The summed E-state index contributed by atoms with van der Waals surface area (Å²) in [5.41, 5.74) is 6.43. The quantitative estimate of drug-likeness (QED) is 0.221. The molecule has 1 aliphatic rings. The van der Waals surface area contributed by atoms with Gasteiger partial charge in [0.25, 0.3) is 0 Å². The van der Waals surface area contributed by atoms with E-state index >= 15 is 0 Å². The molecule has 7 nitrogen and oxygen atoms in total. The molecule has 3 rings (SSSR count). The fourth-order valence-corrected chi connectivity index (χ4v) is 11.3. The number of hydrogen-bond donors (Lipinski definition) is 1. The van der Waals surface area contributed by atoms with E-state index in [0.29, 0.717) is 46.7 Å². The summed E-state index contributed by atoms with van der Waals surface area (Å²) in [6, 6.07) is 3.55. The van der Waals surface area contributed by atoms with Gasteiger partial charge < -0.3 is 24.1 Å². The number of aromatic nitrogens is 1. The van der Waals surface area contributed by atoms with Gasteiger partial charge in [0.2, 0.25) is 0 Å². The van der Waals surface area contributed by atoms with Gasteiger partial charge in [0.1, 0.15) is 26.0 Å². The highest BCUT2D eigenvalue weighted by Crippen LogP contribution is 2.41. The second-order valence-corrected chi connectivity index (χ2v) is 18.1. The number of likely N-dealkylation sites (tertiary alicyclic amines) is 1. The molecule has 1 aromatic heterocycles. The second-order valence-electron chi connectivity index (χ2n) is 12.5. The number of carbonyl (C=O) groups excluding carboxylic acids is 2. The lowest BCUT2D eigenvalue weighted by Crippen LogP contribution is -2.43. The maximum Gasteiger partial charge on any atom is 0.410 e. The van der Waals surface area contributed by atoms with Crippen molar-refractivity contribution in [1.82, 2.24) is 9.88 Å². The zero-order valence-electron chi connectivity index (χ0n) is 25.4. The van der Waals surface area contributed by atoms with Gasteiger partial charge in [-0.15, -0.1) is 5.54 Å². The van der Waals surface area contributed by atoms with Crippen LogP contribution in [-0.4, -0.2) is 61.9 Å². The Morgan fingerprint density at radius 1 is 1.13 bits per heavy atom. The number of methoxy groups -OCH3 is 1. The number of amides is 1. The number of aromatic amines is 1. The lowest BCUT2D eigenvalue weighted by Gasteiger charge is -2.38. The van der Waals surface area contributed by atoms with Crippen molar-refractivity contribution in [3.63, 3.8) is 0 Å². The molecule has 1 aromatic carbocycles. The van der Waals surface area contributed by atoms with Gasteiger partial charge in [-0.1, -0.05) is 47.5 Å². The van der Waals surface area contributed by atoms with Crippen molar-refractivity contribution in [2.45, 2.75) is 103 Å². The summed E-state index contributed by atoms with van der Waals surface area (Å²) in [5.74, 6) is 3.57. The third-order valence-electron chi connectivity index (χ3n) is 7.92. The molecular formula is C31H46N2O5Si. The third kappa shape index (κ3) is 6.46. The number of rotatable bonds is 7. The predicted octanol–water partition coefficient (Wildman–Crippen LogP) is 7.30. The van der Waals surface area contributed by atoms with Crippen LogP contribution in [0.4, 0.5) is 4.79 Å². The summed E-state index contributed by atoms with van der Waals surface area (Å²) in [6.07, 6.45) is 3.23. The first-order valence-corrected chi connectivity index (χ1v) is 16.3. The highest BCUT2D eigenvalue weighted by atomic mass is 28.3. The van der Waals surface area contributed by atoms with Crippen LogP contribution in [0.1, 0.15) is 91.1 Å². The van der Waals surface area contributed by atoms with E-state index in [0.717, 1.165) is 23.7 Å². The molecule has 1 amide bonds. The Balaban J connectivity index is 2.02. The number of nitrogens with zero attached hydrogens (tertiary/aromatic N) is 1. The molecule has 2 aromatic rings. The van der Waals surface area contributed by atoms with Crippen molar-refractivity contribution < 1.29 is 23.8 Å². The van der Waals surface area contributed by atoms with Crippen LogP contribution in [-0.2, 0) is 9.47 Å². The van der Waals surface area contributed by atoms with E-state index < -0.39 is 19.6 Å². The average molecular weight is 555 g/mol. The monoisotopic (exact) mass is 554 g/mol. The molecule has 0 unspecified atom stereocenters. The topological polar surface area (TPSA) is 80.9 Å². The molecule has 214 valence electrons. The van der Waals surface area contributed by atoms with Crippen molar-refractivity contribution >= 4 is 31.0 Å². The fraction of sp³-hybridized carbons (Fsp3) is 0.613. The molecule has 1 fully saturated rings. The maximum absolute atomic E-state index is 13.0. The molecule has 0 spiro atoms. The SMILES string of the molecule is COC(=O)c1cc(OC[C@H]2CCCN2C(=O)OC(C)(C)C)c2[nH]ccc2c1C#C[Si](C(C)C)(C(C)C)C(C)C. The van der Waals surface area contributed by atoms with Gasteiger partial charge in [-0.2, -0.15) is 0 Å². The summed E-state index contributed by atoms with van der Waals surface area (Å²) in [7, 11) is -0.649. The van der Waals surface area contributed by atoms with E-state index in [9.17, 15) is 9.59 Å². The van der Waals surface area contributed by atoms with Gasteiger partial charge in [-0.05, 0) is 62.4 Å². The van der Waals surface area contributed by atoms with Gasteiger partial charge in [-0.3, -0.25) is 0 Å². The molecule has 39 heavy (non-hydrogen) atoms. The smallest absolute Gasteiger partial charge is 0.410 e. The molecule has 1 N–H and O–H groups in total. The standard InChI is InChI=1S/C31H46N2O5Si/c1-20(2)39(21(3)4,22(5)6)17-14-24-25-13-15-32-28(25)27(18-26(24)29(34)36-10)37-19-23-12-11-16-33(23)30(35)38-31(7,8)9/h13,15,18,20-23,32H,11-12,16,19H2,1-10H3/t23-/m1/s1. The molecule has 0 radical (unpaired) electrons. The average Bonchev–Trinajstić information content (AvgIpc) is 3.51. The number of fused-ring (bicyclic) bond motifs is 1. The molecule has 1 aliphatic heterocycles. The van der Waals surface area contributed by atoms with E-state index in [1.165, 1.54) is 7.11 Å². The van der Waals surface area contributed by atoms with Crippen molar-refractivity contribution in [3.05, 3.63) is 29.5 Å². The zero-order valence-corrected chi connectivity index (χ0v) is 26.4. The molecular weight excluding hydrogens is 508 g/mol. The lowest BCUT2D eigenvalue weighted by atomic mass is 10.0. The van der Waals surface area contributed by atoms with Gasteiger partial charge in [-0.25, -0.2) is 9.59 Å². The minimum Gasteiger partial charge on any atom is -0.489 e. The Bertz CT molecular complexity index is 1220. The number of nitrogens with one attached hydrogen (secondary N) is 1. The number of ether oxygens (including phenoxy) is 3. The first-order valence-electron chi connectivity index (χ1n) is 14.1. The Morgan fingerprint density at radius 3 is 2.33 bits per heavy atom. The lowest BCUT2D eigenvalue weighted by molar-refractivity contribution is 0.0188. The van der Waals surface area contributed by atoms with Crippen molar-refractivity contribution in [2.75, 3.05) is 20.3 Å². The number of H-pyrrole nitrogens is 1. The first-order chi connectivity index (χ1) is 18.2. The van der Waals surface area contributed by atoms with E-state index in [2.05, 4.69) is 58.0 Å². The van der Waals surface area contributed by atoms with Crippen LogP contribution in [0, 0.1) is 11.5 Å². The molecule has 0 bridgehead atoms. The van der Waals surface area contributed by atoms with E-state index in [1.807, 2.05) is 33.0 Å². The molecule has 8 heteroatoms. The Labute approximate surface area is 235 Å². The Kier molecular flexibility index (Phi) is 9.48.